The fraction of sp³-hybridized carbons (Fsp3) is 0.333. The quantitative estimate of drug-likeness (QED) is 0.459. The highest BCUT2D eigenvalue weighted by Gasteiger charge is 2.24. The molecule has 0 spiro atoms. The highest BCUT2D eigenvalue weighted by atomic mass is 16.5. The van der Waals surface area contributed by atoms with Gasteiger partial charge in [0.25, 0.3) is 0 Å². The van der Waals surface area contributed by atoms with Gasteiger partial charge in [0.1, 0.15) is 12.4 Å². The van der Waals surface area contributed by atoms with Gasteiger partial charge in [0.15, 0.2) is 11.9 Å². The van der Waals surface area contributed by atoms with Gasteiger partial charge in [-0.3, -0.25) is 4.79 Å². The molecule has 1 saturated carbocycles. The molecule has 4 heteroatoms. The number of carbonyl (C=O) groups is 2. The van der Waals surface area contributed by atoms with E-state index in [0.717, 1.165) is 24.2 Å². The third kappa shape index (κ3) is 4.88. The lowest BCUT2D eigenvalue weighted by molar-refractivity contribution is -0.152. The van der Waals surface area contributed by atoms with Crippen LogP contribution < -0.4 is 4.74 Å². The molecule has 0 N–H and O–H groups in total. The van der Waals surface area contributed by atoms with Crippen LogP contribution in [0, 0.1) is 0 Å². The molecule has 2 rings (SSSR count). The summed E-state index contributed by atoms with van der Waals surface area (Å²) in [6.07, 6.45) is 7.08. The molecule has 1 fully saturated rings. The van der Waals surface area contributed by atoms with Crippen molar-refractivity contribution in [1.29, 1.82) is 0 Å². The number of carbonyl (C=O) groups excluding carboxylic acids is 2. The van der Waals surface area contributed by atoms with Gasteiger partial charge in [-0.25, -0.2) is 4.79 Å². The van der Waals surface area contributed by atoms with Crippen LogP contribution in [-0.2, 0) is 14.3 Å². The summed E-state index contributed by atoms with van der Waals surface area (Å²) in [5.74, 6) is 0.288. The van der Waals surface area contributed by atoms with Gasteiger partial charge in [0, 0.05) is 12.5 Å². The fourth-order valence-electron chi connectivity index (χ4n) is 2.25. The Balaban J connectivity index is 1.86. The van der Waals surface area contributed by atoms with E-state index in [4.69, 9.17) is 9.47 Å². The summed E-state index contributed by atoms with van der Waals surface area (Å²) < 4.78 is 10.6. The largest absolute Gasteiger partial charge is 0.490 e. The average molecular weight is 300 g/mol. The Morgan fingerprint density at radius 1 is 1.27 bits per heavy atom. The molecule has 0 saturated heterocycles. The van der Waals surface area contributed by atoms with Gasteiger partial charge in [-0.05, 0) is 43.0 Å². The topological polar surface area (TPSA) is 52.6 Å². The van der Waals surface area contributed by atoms with Crippen molar-refractivity contribution in [3.05, 3.63) is 48.6 Å². The van der Waals surface area contributed by atoms with Crippen LogP contribution >= 0.6 is 0 Å². The molecule has 0 aliphatic heterocycles. The smallest absolute Gasteiger partial charge is 0.331 e. The molecule has 1 aromatic carbocycles. The summed E-state index contributed by atoms with van der Waals surface area (Å²) >= 11 is 0. The number of rotatable bonds is 6. The summed E-state index contributed by atoms with van der Waals surface area (Å²) in [6.45, 7) is 4.04. The van der Waals surface area contributed by atoms with Crippen molar-refractivity contribution in [2.45, 2.75) is 31.8 Å². The molecule has 0 amide bonds. The van der Waals surface area contributed by atoms with Crippen LogP contribution in [0.3, 0.4) is 0 Å². The number of ketones is 1. The first-order chi connectivity index (χ1) is 10.7. The molecule has 1 atom stereocenters. The second-order valence-corrected chi connectivity index (χ2v) is 5.14. The van der Waals surface area contributed by atoms with Gasteiger partial charge in [0.05, 0.1) is 0 Å². The lowest BCUT2D eigenvalue weighted by atomic mass is 9.96. The van der Waals surface area contributed by atoms with E-state index in [1.807, 2.05) is 24.3 Å². The highest BCUT2D eigenvalue weighted by Crippen LogP contribution is 2.18. The lowest BCUT2D eigenvalue weighted by Crippen LogP contribution is -2.29. The van der Waals surface area contributed by atoms with Gasteiger partial charge in [-0.15, -0.1) is 0 Å². The maximum absolute atomic E-state index is 11.7. The first-order valence-corrected chi connectivity index (χ1v) is 7.44. The predicted molar refractivity (Wildman–Crippen MR) is 84.5 cm³/mol. The standard InChI is InChI=1S/C18H20O4/c1-2-13-21-15-10-7-14(8-11-15)9-12-18(20)22-17-6-4-3-5-16(17)19/h2,7-12,17H,1,3-6,13H2/b12-9+. The van der Waals surface area contributed by atoms with Crippen LogP contribution in [0.5, 0.6) is 5.75 Å². The van der Waals surface area contributed by atoms with E-state index in [0.29, 0.717) is 19.4 Å². The van der Waals surface area contributed by atoms with Crippen molar-refractivity contribution < 1.29 is 19.1 Å². The number of hydrogen-bond donors (Lipinski definition) is 0. The molecular weight excluding hydrogens is 280 g/mol. The molecule has 116 valence electrons. The predicted octanol–water partition coefficient (Wildman–Crippen LogP) is 3.32. The second kappa shape index (κ2) is 8.17. The molecular formula is C18H20O4. The van der Waals surface area contributed by atoms with E-state index in [-0.39, 0.29) is 5.78 Å². The molecule has 1 aromatic rings. The number of benzene rings is 1. The first-order valence-electron chi connectivity index (χ1n) is 7.44. The summed E-state index contributed by atoms with van der Waals surface area (Å²) in [5.41, 5.74) is 0.859. The maximum atomic E-state index is 11.7. The molecule has 0 radical (unpaired) electrons. The Hall–Kier alpha value is -2.36. The average Bonchev–Trinajstić information content (AvgIpc) is 2.54. The van der Waals surface area contributed by atoms with Crippen LogP contribution in [0.2, 0.25) is 0 Å². The van der Waals surface area contributed by atoms with Crippen molar-refractivity contribution in [2.75, 3.05) is 6.61 Å². The fourth-order valence-corrected chi connectivity index (χ4v) is 2.25. The number of esters is 1. The van der Waals surface area contributed by atoms with Gasteiger partial charge in [0.2, 0.25) is 0 Å². The normalized spacial score (nSPS) is 18.2. The Bertz CT molecular complexity index is 557. The third-order valence-electron chi connectivity index (χ3n) is 3.42. The van der Waals surface area contributed by atoms with Crippen LogP contribution in [0.1, 0.15) is 31.2 Å². The lowest BCUT2D eigenvalue weighted by Gasteiger charge is -2.19. The highest BCUT2D eigenvalue weighted by molar-refractivity contribution is 5.91. The Morgan fingerprint density at radius 2 is 2.05 bits per heavy atom. The molecule has 4 nitrogen and oxygen atoms in total. The van der Waals surface area contributed by atoms with Crippen LogP contribution in [0.4, 0.5) is 0 Å². The van der Waals surface area contributed by atoms with Crippen LogP contribution in [0.25, 0.3) is 6.08 Å². The number of hydrogen-bond acceptors (Lipinski definition) is 4. The Kier molecular flexibility index (Phi) is 5.95. The van der Waals surface area contributed by atoms with Crippen molar-refractivity contribution >= 4 is 17.8 Å². The van der Waals surface area contributed by atoms with Gasteiger partial charge in [-0.2, -0.15) is 0 Å². The van der Waals surface area contributed by atoms with E-state index in [1.165, 1.54) is 6.08 Å². The van der Waals surface area contributed by atoms with E-state index in [1.54, 1.807) is 12.2 Å². The molecule has 0 bridgehead atoms. The van der Waals surface area contributed by atoms with Crippen LogP contribution in [-0.4, -0.2) is 24.5 Å². The molecule has 1 aliphatic carbocycles. The maximum Gasteiger partial charge on any atom is 0.331 e. The molecule has 1 unspecified atom stereocenters. The van der Waals surface area contributed by atoms with Gasteiger partial charge < -0.3 is 9.47 Å². The van der Waals surface area contributed by atoms with Crippen molar-refractivity contribution in [1.82, 2.24) is 0 Å². The Labute approximate surface area is 130 Å². The van der Waals surface area contributed by atoms with Crippen molar-refractivity contribution in [3.63, 3.8) is 0 Å². The van der Waals surface area contributed by atoms with Gasteiger partial charge in [-0.1, -0.05) is 24.8 Å². The minimum absolute atomic E-state index is 0.0247. The number of ether oxygens (including phenoxy) is 2. The molecule has 1 aliphatic rings. The van der Waals surface area contributed by atoms with Crippen molar-refractivity contribution in [3.8, 4) is 5.75 Å². The summed E-state index contributed by atoms with van der Waals surface area (Å²) in [4.78, 5) is 23.3. The van der Waals surface area contributed by atoms with Crippen LogP contribution in [0.15, 0.2) is 43.0 Å². The molecule has 22 heavy (non-hydrogen) atoms. The monoisotopic (exact) mass is 300 g/mol. The van der Waals surface area contributed by atoms with Crippen molar-refractivity contribution in [2.24, 2.45) is 0 Å². The molecule has 0 aromatic heterocycles. The SMILES string of the molecule is C=CCOc1ccc(/C=C/C(=O)OC2CCCCC2=O)cc1. The first kappa shape index (κ1) is 16.0. The second-order valence-electron chi connectivity index (χ2n) is 5.14. The zero-order chi connectivity index (χ0) is 15.8. The zero-order valence-corrected chi connectivity index (χ0v) is 12.5. The summed E-state index contributed by atoms with van der Waals surface area (Å²) in [7, 11) is 0. The Morgan fingerprint density at radius 3 is 2.73 bits per heavy atom. The summed E-state index contributed by atoms with van der Waals surface area (Å²) in [6, 6.07) is 7.32. The minimum Gasteiger partial charge on any atom is -0.490 e. The molecule has 0 heterocycles. The summed E-state index contributed by atoms with van der Waals surface area (Å²) in [5, 5.41) is 0. The van der Waals surface area contributed by atoms with E-state index in [9.17, 15) is 9.59 Å². The number of Topliss-reactive ketones (excluding diaryl/α,β-unsaturated/α-hetero) is 1. The van der Waals surface area contributed by atoms with Gasteiger partial charge >= 0.3 is 5.97 Å². The van der Waals surface area contributed by atoms with E-state index >= 15 is 0 Å². The minimum atomic E-state index is -0.569. The third-order valence-corrected chi connectivity index (χ3v) is 3.42. The van der Waals surface area contributed by atoms with E-state index < -0.39 is 12.1 Å². The zero-order valence-electron chi connectivity index (χ0n) is 12.5. The van der Waals surface area contributed by atoms with E-state index in [2.05, 4.69) is 6.58 Å².